The van der Waals surface area contributed by atoms with Crippen molar-refractivity contribution >= 4 is 15.7 Å². The predicted octanol–water partition coefficient (Wildman–Crippen LogP) is 2.02. The van der Waals surface area contributed by atoms with E-state index in [9.17, 15) is 18.5 Å². The van der Waals surface area contributed by atoms with E-state index in [1.165, 1.54) is 28.9 Å². The number of rotatable bonds is 3. The second-order valence-corrected chi connectivity index (χ2v) is 7.47. The second-order valence-electron chi connectivity index (χ2n) is 5.53. The Balaban J connectivity index is 1.89. The van der Waals surface area contributed by atoms with Crippen molar-refractivity contribution in [3.05, 3.63) is 34.4 Å². The summed E-state index contributed by atoms with van der Waals surface area (Å²) in [6.07, 6.45) is 3.36. The van der Waals surface area contributed by atoms with Crippen LogP contribution in [-0.2, 0) is 10.0 Å². The lowest BCUT2D eigenvalue weighted by Gasteiger charge is -2.17. The summed E-state index contributed by atoms with van der Waals surface area (Å²) in [5.74, 6) is 0.923. The van der Waals surface area contributed by atoms with E-state index in [0.717, 1.165) is 18.9 Å². The Labute approximate surface area is 117 Å². The van der Waals surface area contributed by atoms with Gasteiger partial charge in [0, 0.05) is 25.2 Å². The molecule has 1 aliphatic carbocycles. The molecular weight excluding hydrogens is 280 g/mol. The van der Waals surface area contributed by atoms with Gasteiger partial charge in [0.25, 0.3) is 5.69 Å². The van der Waals surface area contributed by atoms with Crippen molar-refractivity contribution in [1.29, 1.82) is 0 Å². The first-order valence-corrected chi connectivity index (χ1v) is 8.17. The van der Waals surface area contributed by atoms with Gasteiger partial charge in [0.2, 0.25) is 10.0 Å². The van der Waals surface area contributed by atoms with E-state index in [1.807, 2.05) is 0 Å². The summed E-state index contributed by atoms with van der Waals surface area (Å²) in [7, 11) is -3.61. The van der Waals surface area contributed by atoms with Gasteiger partial charge < -0.3 is 0 Å². The maximum absolute atomic E-state index is 12.5. The van der Waals surface area contributed by atoms with Crippen molar-refractivity contribution in [3.63, 3.8) is 0 Å². The van der Waals surface area contributed by atoms with Crippen LogP contribution in [0.5, 0.6) is 0 Å². The Morgan fingerprint density at radius 3 is 2.45 bits per heavy atom. The van der Waals surface area contributed by atoms with E-state index < -0.39 is 14.9 Å². The van der Waals surface area contributed by atoms with Crippen LogP contribution in [0.15, 0.2) is 29.2 Å². The molecule has 108 valence electrons. The smallest absolute Gasteiger partial charge is 0.258 e. The summed E-state index contributed by atoms with van der Waals surface area (Å²) in [4.78, 5) is 10.2. The fraction of sp³-hybridized carbons (Fsp3) is 0.538. The van der Waals surface area contributed by atoms with E-state index in [1.54, 1.807) is 0 Å². The summed E-state index contributed by atoms with van der Waals surface area (Å²) in [6.45, 7) is 1.10. The third-order valence-corrected chi connectivity index (χ3v) is 6.19. The van der Waals surface area contributed by atoms with Crippen molar-refractivity contribution in [2.45, 2.75) is 24.2 Å². The van der Waals surface area contributed by atoms with Gasteiger partial charge in [0.1, 0.15) is 0 Å². The molecule has 1 saturated heterocycles. The zero-order valence-corrected chi connectivity index (χ0v) is 11.8. The molecule has 20 heavy (non-hydrogen) atoms. The largest absolute Gasteiger partial charge is 0.270 e. The van der Waals surface area contributed by atoms with Crippen LogP contribution in [0.3, 0.4) is 0 Å². The van der Waals surface area contributed by atoms with Crippen LogP contribution >= 0.6 is 0 Å². The molecule has 0 radical (unpaired) electrons. The lowest BCUT2D eigenvalue weighted by Crippen LogP contribution is -2.29. The van der Waals surface area contributed by atoms with Crippen molar-refractivity contribution in [2.24, 2.45) is 11.8 Å². The Morgan fingerprint density at radius 1 is 1.20 bits per heavy atom. The Bertz CT molecular complexity index is 632. The predicted molar refractivity (Wildman–Crippen MR) is 72.7 cm³/mol. The molecule has 1 heterocycles. The van der Waals surface area contributed by atoms with Crippen LogP contribution in [0.2, 0.25) is 0 Å². The van der Waals surface area contributed by atoms with Gasteiger partial charge in [0.05, 0.1) is 9.82 Å². The van der Waals surface area contributed by atoms with Crippen LogP contribution in [0.25, 0.3) is 0 Å². The number of hydrogen-bond donors (Lipinski definition) is 0. The van der Waals surface area contributed by atoms with Gasteiger partial charge in [0.15, 0.2) is 0 Å². The highest BCUT2D eigenvalue weighted by Gasteiger charge is 2.41. The average Bonchev–Trinajstić information content (AvgIpc) is 2.99. The van der Waals surface area contributed by atoms with Crippen LogP contribution in [-0.4, -0.2) is 30.7 Å². The van der Waals surface area contributed by atoms with E-state index in [0.29, 0.717) is 24.9 Å². The molecule has 2 unspecified atom stereocenters. The van der Waals surface area contributed by atoms with Crippen molar-refractivity contribution in [1.82, 2.24) is 4.31 Å². The molecule has 2 atom stereocenters. The maximum atomic E-state index is 12.5. The number of sulfonamides is 1. The molecule has 0 spiro atoms. The molecule has 0 amide bonds. The van der Waals surface area contributed by atoms with E-state index >= 15 is 0 Å². The Morgan fingerprint density at radius 2 is 1.85 bits per heavy atom. The third kappa shape index (κ3) is 2.20. The first-order chi connectivity index (χ1) is 9.48. The zero-order valence-electron chi connectivity index (χ0n) is 10.9. The number of nitro benzene ring substituents is 1. The minimum absolute atomic E-state index is 0.0201. The number of hydrogen-bond acceptors (Lipinski definition) is 4. The number of non-ortho nitro benzene ring substituents is 1. The van der Waals surface area contributed by atoms with Gasteiger partial charge in [-0.15, -0.1) is 0 Å². The van der Waals surface area contributed by atoms with Gasteiger partial charge in [-0.25, -0.2) is 8.42 Å². The molecule has 7 heteroatoms. The molecule has 0 aromatic heterocycles. The van der Waals surface area contributed by atoms with Gasteiger partial charge in [-0.3, -0.25) is 10.1 Å². The monoisotopic (exact) mass is 296 g/mol. The van der Waals surface area contributed by atoms with Crippen LogP contribution < -0.4 is 0 Å². The summed E-state index contributed by atoms with van der Waals surface area (Å²) >= 11 is 0. The minimum atomic E-state index is -3.61. The molecule has 2 aliphatic rings. The van der Waals surface area contributed by atoms with Crippen LogP contribution in [0.1, 0.15) is 19.3 Å². The molecular formula is C13H16N2O4S. The number of nitrogens with zero attached hydrogens (tertiary/aromatic N) is 2. The van der Waals surface area contributed by atoms with Gasteiger partial charge >= 0.3 is 0 Å². The molecule has 1 aromatic rings. The molecule has 6 nitrogen and oxygen atoms in total. The standard InChI is InChI=1S/C13H16N2O4S/c16-15(17)12-5-2-6-13(7-12)20(18,19)14-8-10-3-1-4-11(10)9-14/h2,5-7,10-11H,1,3-4,8-9H2. The first-order valence-electron chi connectivity index (χ1n) is 6.73. The van der Waals surface area contributed by atoms with Crippen molar-refractivity contribution in [3.8, 4) is 0 Å². The molecule has 1 aromatic carbocycles. The summed E-state index contributed by atoms with van der Waals surface area (Å²) in [5, 5.41) is 10.8. The highest BCUT2D eigenvalue weighted by molar-refractivity contribution is 7.89. The molecule has 0 bridgehead atoms. The summed E-state index contributed by atoms with van der Waals surface area (Å²) in [6, 6.07) is 5.29. The zero-order chi connectivity index (χ0) is 14.3. The number of benzene rings is 1. The normalized spacial score (nSPS) is 26.6. The Kier molecular flexibility index (Phi) is 3.25. The molecule has 2 fully saturated rings. The number of fused-ring (bicyclic) bond motifs is 1. The maximum Gasteiger partial charge on any atom is 0.270 e. The minimum Gasteiger partial charge on any atom is -0.258 e. The van der Waals surface area contributed by atoms with E-state index in [2.05, 4.69) is 0 Å². The van der Waals surface area contributed by atoms with Gasteiger partial charge in [-0.1, -0.05) is 12.5 Å². The van der Waals surface area contributed by atoms with Crippen LogP contribution in [0, 0.1) is 22.0 Å². The molecule has 1 saturated carbocycles. The molecule has 3 rings (SSSR count). The first kappa shape index (κ1) is 13.5. The summed E-state index contributed by atoms with van der Waals surface area (Å²) in [5.41, 5.74) is -0.189. The van der Waals surface area contributed by atoms with Crippen LogP contribution in [0.4, 0.5) is 5.69 Å². The van der Waals surface area contributed by atoms with E-state index in [4.69, 9.17) is 0 Å². The fourth-order valence-corrected chi connectivity index (χ4v) is 4.89. The second kappa shape index (κ2) is 4.82. The van der Waals surface area contributed by atoms with Crippen molar-refractivity contribution in [2.75, 3.05) is 13.1 Å². The SMILES string of the molecule is O=[N+]([O-])c1cccc(S(=O)(=O)N2CC3CCCC3C2)c1. The molecule has 0 N–H and O–H groups in total. The average molecular weight is 296 g/mol. The van der Waals surface area contributed by atoms with Gasteiger partial charge in [-0.05, 0) is 30.7 Å². The van der Waals surface area contributed by atoms with Crippen molar-refractivity contribution < 1.29 is 13.3 Å². The topological polar surface area (TPSA) is 80.5 Å². The van der Waals surface area contributed by atoms with Gasteiger partial charge in [-0.2, -0.15) is 4.31 Å². The third-order valence-electron chi connectivity index (χ3n) is 4.36. The highest BCUT2D eigenvalue weighted by atomic mass is 32.2. The summed E-state index contributed by atoms with van der Waals surface area (Å²) < 4.78 is 26.6. The lowest BCUT2D eigenvalue weighted by molar-refractivity contribution is -0.385. The quantitative estimate of drug-likeness (QED) is 0.631. The molecule has 1 aliphatic heterocycles. The highest BCUT2D eigenvalue weighted by Crippen LogP contribution is 2.39. The fourth-order valence-electron chi connectivity index (χ4n) is 3.29. The lowest BCUT2D eigenvalue weighted by atomic mass is 10.0. The Hall–Kier alpha value is -1.47. The van der Waals surface area contributed by atoms with E-state index in [-0.39, 0.29) is 10.6 Å². The number of nitro groups is 1.